The first kappa shape index (κ1) is 11.9. The highest BCUT2D eigenvalue weighted by molar-refractivity contribution is 6.31. The van der Waals surface area contributed by atoms with Crippen LogP contribution in [0.2, 0.25) is 5.02 Å². The molecule has 1 saturated carbocycles. The maximum atomic E-state index is 13.6. The van der Waals surface area contributed by atoms with E-state index in [1.165, 1.54) is 12.5 Å². The summed E-state index contributed by atoms with van der Waals surface area (Å²) in [6.45, 7) is 0. The Bertz CT molecular complexity index is 352. The monoisotopic (exact) mass is 241 g/mol. The molecule has 0 saturated heterocycles. The van der Waals surface area contributed by atoms with Crippen LogP contribution in [-0.4, -0.2) is 5.54 Å². The van der Waals surface area contributed by atoms with Crippen LogP contribution in [-0.2, 0) is 6.42 Å². The van der Waals surface area contributed by atoms with Gasteiger partial charge in [-0.1, -0.05) is 36.9 Å². The van der Waals surface area contributed by atoms with Gasteiger partial charge in [-0.25, -0.2) is 4.39 Å². The van der Waals surface area contributed by atoms with Crippen molar-refractivity contribution in [3.05, 3.63) is 34.6 Å². The van der Waals surface area contributed by atoms with E-state index in [-0.39, 0.29) is 11.4 Å². The summed E-state index contributed by atoms with van der Waals surface area (Å²) in [5.74, 6) is -0.233. The quantitative estimate of drug-likeness (QED) is 0.840. The van der Waals surface area contributed by atoms with Gasteiger partial charge in [0.15, 0.2) is 0 Å². The van der Waals surface area contributed by atoms with Gasteiger partial charge in [0.05, 0.1) is 0 Å². The summed E-state index contributed by atoms with van der Waals surface area (Å²) in [4.78, 5) is 0. The predicted molar refractivity (Wildman–Crippen MR) is 65.1 cm³/mol. The molecule has 1 nitrogen and oxygen atoms in total. The summed E-state index contributed by atoms with van der Waals surface area (Å²) < 4.78 is 13.6. The summed E-state index contributed by atoms with van der Waals surface area (Å²) in [5.41, 5.74) is 6.62. The molecule has 0 heterocycles. The van der Waals surface area contributed by atoms with Gasteiger partial charge >= 0.3 is 0 Å². The Labute approximate surface area is 101 Å². The van der Waals surface area contributed by atoms with Crippen molar-refractivity contribution in [2.24, 2.45) is 5.73 Å². The van der Waals surface area contributed by atoms with Gasteiger partial charge < -0.3 is 5.73 Å². The molecule has 2 rings (SSSR count). The second-order valence-corrected chi connectivity index (χ2v) is 5.21. The topological polar surface area (TPSA) is 26.0 Å². The maximum Gasteiger partial charge on any atom is 0.127 e. The van der Waals surface area contributed by atoms with Gasteiger partial charge in [0.1, 0.15) is 5.82 Å². The Morgan fingerprint density at radius 3 is 2.56 bits per heavy atom. The Hall–Kier alpha value is -0.600. The Kier molecular flexibility index (Phi) is 3.50. The highest BCUT2D eigenvalue weighted by atomic mass is 35.5. The lowest BCUT2D eigenvalue weighted by atomic mass is 9.78. The van der Waals surface area contributed by atoms with E-state index >= 15 is 0 Å². The molecule has 3 heteroatoms. The van der Waals surface area contributed by atoms with Crippen LogP contribution in [0.4, 0.5) is 4.39 Å². The smallest absolute Gasteiger partial charge is 0.127 e. The van der Waals surface area contributed by atoms with E-state index in [4.69, 9.17) is 17.3 Å². The average Bonchev–Trinajstić information content (AvgIpc) is 2.25. The van der Waals surface area contributed by atoms with E-state index < -0.39 is 0 Å². The van der Waals surface area contributed by atoms with E-state index in [9.17, 15) is 4.39 Å². The molecule has 0 amide bonds. The van der Waals surface area contributed by atoms with Crippen LogP contribution in [0.25, 0.3) is 0 Å². The van der Waals surface area contributed by atoms with Crippen molar-refractivity contribution in [2.45, 2.75) is 44.1 Å². The highest BCUT2D eigenvalue weighted by Crippen LogP contribution is 2.32. The van der Waals surface area contributed by atoms with Gasteiger partial charge in [0, 0.05) is 16.1 Å². The number of rotatable bonds is 2. The van der Waals surface area contributed by atoms with Crippen molar-refractivity contribution in [3.63, 3.8) is 0 Å². The van der Waals surface area contributed by atoms with Gasteiger partial charge in [0.2, 0.25) is 0 Å². The summed E-state index contributed by atoms with van der Waals surface area (Å²) >= 11 is 6.02. The number of halogens is 2. The Morgan fingerprint density at radius 2 is 1.94 bits per heavy atom. The third-order valence-corrected chi connectivity index (χ3v) is 3.79. The maximum absolute atomic E-state index is 13.6. The zero-order valence-corrected chi connectivity index (χ0v) is 10.1. The molecular weight excluding hydrogens is 225 g/mol. The summed E-state index contributed by atoms with van der Waals surface area (Å²) in [6.07, 6.45) is 6.02. The SMILES string of the molecule is NC1(Cc2c(F)cccc2Cl)CCCCC1. The molecule has 1 aromatic rings. The normalized spacial score (nSPS) is 19.7. The number of nitrogens with two attached hydrogens (primary N) is 1. The molecule has 1 aliphatic carbocycles. The van der Waals surface area contributed by atoms with Crippen molar-refractivity contribution >= 4 is 11.6 Å². The minimum atomic E-state index is -0.260. The molecule has 2 N–H and O–H groups in total. The van der Waals surface area contributed by atoms with Crippen molar-refractivity contribution in [3.8, 4) is 0 Å². The summed E-state index contributed by atoms with van der Waals surface area (Å²) in [5, 5.41) is 0.496. The lowest BCUT2D eigenvalue weighted by molar-refractivity contribution is 0.291. The molecule has 1 aliphatic rings. The third kappa shape index (κ3) is 2.55. The lowest BCUT2D eigenvalue weighted by Gasteiger charge is -2.33. The van der Waals surface area contributed by atoms with E-state index in [1.807, 2.05) is 0 Å². The van der Waals surface area contributed by atoms with E-state index in [0.717, 1.165) is 25.7 Å². The van der Waals surface area contributed by atoms with Gasteiger partial charge in [-0.3, -0.25) is 0 Å². The van der Waals surface area contributed by atoms with Crippen molar-refractivity contribution in [2.75, 3.05) is 0 Å². The first-order chi connectivity index (χ1) is 7.61. The molecule has 0 aliphatic heterocycles. The van der Waals surface area contributed by atoms with E-state index in [0.29, 0.717) is 17.0 Å². The lowest BCUT2D eigenvalue weighted by Crippen LogP contribution is -2.44. The summed E-state index contributed by atoms with van der Waals surface area (Å²) in [7, 11) is 0. The molecule has 0 unspecified atom stereocenters. The van der Waals surface area contributed by atoms with Crippen LogP contribution >= 0.6 is 11.6 Å². The molecule has 1 fully saturated rings. The third-order valence-electron chi connectivity index (χ3n) is 3.44. The molecule has 0 spiro atoms. The van der Waals surface area contributed by atoms with Crippen LogP contribution in [0.15, 0.2) is 18.2 Å². The van der Waals surface area contributed by atoms with Gasteiger partial charge in [-0.15, -0.1) is 0 Å². The van der Waals surface area contributed by atoms with Crippen LogP contribution in [0.3, 0.4) is 0 Å². The van der Waals surface area contributed by atoms with E-state index in [2.05, 4.69) is 0 Å². The van der Waals surface area contributed by atoms with Crippen molar-refractivity contribution in [1.82, 2.24) is 0 Å². The van der Waals surface area contributed by atoms with Crippen LogP contribution in [0.1, 0.15) is 37.7 Å². The van der Waals surface area contributed by atoms with Gasteiger partial charge in [0.25, 0.3) is 0 Å². The zero-order chi connectivity index (χ0) is 11.6. The second kappa shape index (κ2) is 4.72. The molecule has 88 valence electrons. The first-order valence-corrected chi connectivity index (χ1v) is 6.20. The molecule has 1 aromatic carbocycles. The molecular formula is C13H17ClFN. The first-order valence-electron chi connectivity index (χ1n) is 5.82. The fourth-order valence-corrected chi connectivity index (χ4v) is 2.72. The largest absolute Gasteiger partial charge is 0.325 e. The number of hydrogen-bond donors (Lipinski definition) is 1. The van der Waals surface area contributed by atoms with Crippen molar-refractivity contribution in [1.29, 1.82) is 0 Å². The van der Waals surface area contributed by atoms with Gasteiger partial charge in [-0.05, 0) is 31.4 Å². The minimum absolute atomic E-state index is 0.233. The second-order valence-electron chi connectivity index (χ2n) is 4.80. The summed E-state index contributed by atoms with van der Waals surface area (Å²) in [6, 6.07) is 4.81. The molecule has 16 heavy (non-hydrogen) atoms. The molecule has 0 atom stereocenters. The minimum Gasteiger partial charge on any atom is -0.325 e. The van der Waals surface area contributed by atoms with Gasteiger partial charge in [-0.2, -0.15) is 0 Å². The standard InChI is InChI=1S/C13H17ClFN/c14-11-5-4-6-12(15)10(11)9-13(16)7-2-1-3-8-13/h4-6H,1-3,7-9,16H2. The molecule has 0 radical (unpaired) electrons. The zero-order valence-electron chi connectivity index (χ0n) is 9.31. The van der Waals surface area contributed by atoms with Crippen LogP contribution in [0.5, 0.6) is 0 Å². The number of hydrogen-bond acceptors (Lipinski definition) is 1. The van der Waals surface area contributed by atoms with E-state index in [1.54, 1.807) is 12.1 Å². The average molecular weight is 242 g/mol. The highest BCUT2D eigenvalue weighted by Gasteiger charge is 2.29. The number of benzene rings is 1. The Morgan fingerprint density at radius 1 is 1.25 bits per heavy atom. The fraction of sp³-hybridized carbons (Fsp3) is 0.538. The predicted octanol–water partition coefficient (Wildman–Crippen LogP) is 3.68. The fourth-order valence-electron chi connectivity index (χ4n) is 2.49. The van der Waals surface area contributed by atoms with Crippen molar-refractivity contribution < 1.29 is 4.39 Å². The van der Waals surface area contributed by atoms with Crippen LogP contribution in [0, 0.1) is 5.82 Å². The van der Waals surface area contributed by atoms with Crippen LogP contribution < -0.4 is 5.73 Å². The molecule has 0 bridgehead atoms. The molecule has 0 aromatic heterocycles. The Balaban J connectivity index is 2.19.